The summed E-state index contributed by atoms with van der Waals surface area (Å²) in [5.74, 6) is 1.56. The second-order valence-electron chi connectivity index (χ2n) is 8.46. The van der Waals surface area contributed by atoms with Gasteiger partial charge in [0, 0.05) is 31.7 Å². The molecule has 1 aliphatic heterocycles. The molecule has 0 bridgehead atoms. The lowest BCUT2D eigenvalue weighted by molar-refractivity contribution is -0.124. The fourth-order valence-electron chi connectivity index (χ4n) is 4.77. The number of hydrogen-bond acceptors (Lipinski definition) is 3. The monoisotopic (exact) mass is 357 g/mol. The summed E-state index contributed by atoms with van der Waals surface area (Å²) in [6.07, 6.45) is 4.32. The highest BCUT2D eigenvalue weighted by Crippen LogP contribution is 2.38. The summed E-state index contributed by atoms with van der Waals surface area (Å²) < 4.78 is 0. The summed E-state index contributed by atoms with van der Waals surface area (Å²) in [5, 5.41) is 6.83. The molecule has 0 radical (unpaired) electrons. The lowest BCUT2D eigenvalue weighted by Gasteiger charge is -2.26. The number of amides is 1. The molecule has 4 heteroatoms. The fraction of sp³-hybridized carbons (Fsp3) is 0.682. The maximum Gasteiger partial charge on any atom is 0.237 e. The molecule has 1 aliphatic carbocycles. The Kier molecular flexibility index (Phi) is 6.71. The molecule has 1 saturated carbocycles. The highest BCUT2D eigenvalue weighted by molar-refractivity contribution is 5.82. The Balaban J connectivity index is 1.54. The third-order valence-electron chi connectivity index (χ3n) is 5.94. The zero-order valence-electron chi connectivity index (χ0n) is 16.6. The number of likely N-dealkylation sites (tertiary alicyclic amines) is 1. The van der Waals surface area contributed by atoms with Crippen LogP contribution in [0.25, 0.3) is 0 Å². The van der Waals surface area contributed by atoms with Gasteiger partial charge in [-0.15, -0.1) is 0 Å². The van der Waals surface area contributed by atoms with Crippen LogP contribution >= 0.6 is 0 Å². The summed E-state index contributed by atoms with van der Waals surface area (Å²) in [4.78, 5) is 15.4. The van der Waals surface area contributed by atoms with E-state index in [9.17, 15) is 4.79 Å². The maximum absolute atomic E-state index is 12.8. The molecule has 1 aromatic rings. The van der Waals surface area contributed by atoms with Gasteiger partial charge in [0.15, 0.2) is 0 Å². The van der Waals surface area contributed by atoms with Crippen LogP contribution in [0.3, 0.4) is 0 Å². The summed E-state index contributed by atoms with van der Waals surface area (Å²) in [7, 11) is 0. The van der Waals surface area contributed by atoms with E-state index in [0.717, 1.165) is 38.3 Å². The predicted molar refractivity (Wildman–Crippen MR) is 107 cm³/mol. The average molecular weight is 358 g/mol. The Morgan fingerprint density at radius 3 is 2.65 bits per heavy atom. The molecule has 2 N–H and O–H groups in total. The van der Waals surface area contributed by atoms with E-state index in [1.807, 2.05) is 0 Å². The number of rotatable bonds is 8. The van der Waals surface area contributed by atoms with Crippen LogP contribution in [0.15, 0.2) is 30.3 Å². The first kappa shape index (κ1) is 19.4. The number of nitrogens with one attached hydrogen (secondary N) is 2. The smallest absolute Gasteiger partial charge is 0.237 e. The van der Waals surface area contributed by atoms with Gasteiger partial charge in [0.2, 0.25) is 5.91 Å². The molecule has 1 amide bonds. The molecule has 1 heterocycles. The van der Waals surface area contributed by atoms with Crippen molar-refractivity contribution in [2.24, 2.45) is 11.8 Å². The minimum absolute atomic E-state index is 0.0547. The van der Waals surface area contributed by atoms with Crippen LogP contribution in [0.4, 0.5) is 0 Å². The van der Waals surface area contributed by atoms with E-state index in [4.69, 9.17) is 0 Å². The zero-order chi connectivity index (χ0) is 18.5. The number of hydrogen-bond donors (Lipinski definition) is 2. The van der Waals surface area contributed by atoms with E-state index in [1.165, 1.54) is 18.5 Å². The lowest BCUT2D eigenvalue weighted by atomic mass is 9.97. The van der Waals surface area contributed by atoms with Crippen molar-refractivity contribution in [3.8, 4) is 0 Å². The number of benzene rings is 1. The second kappa shape index (κ2) is 9.01. The summed E-state index contributed by atoms with van der Waals surface area (Å²) in [5.41, 5.74) is 1.39. The van der Waals surface area contributed by atoms with E-state index in [0.29, 0.717) is 18.0 Å². The van der Waals surface area contributed by atoms with Crippen molar-refractivity contribution in [1.82, 2.24) is 15.5 Å². The van der Waals surface area contributed by atoms with E-state index >= 15 is 0 Å². The van der Waals surface area contributed by atoms with Gasteiger partial charge < -0.3 is 10.6 Å². The van der Waals surface area contributed by atoms with E-state index in [2.05, 4.69) is 66.6 Å². The molecule has 1 aromatic carbocycles. The molecule has 1 saturated heterocycles. The van der Waals surface area contributed by atoms with Gasteiger partial charge in [-0.2, -0.15) is 0 Å². The molecular weight excluding hydrogens is 322 g/mol. The van der Waals surface area contributed by atoms with Crippen molar-refractivity contribution >= 4 is 5.91 Å². The van der Waals surface area contributed by atoms with Crippen LogP contribution < -0.4 is 10.6 Å². The van der Waals surface area contributed by atoms with Crippen molar-refractivity contribution in [2.75, 3.05) is 13.1 Å². The quantitative estimate of drug-likeness (QED) is 0.751. The van der Waals surface area contributed by atoms with Crippen LogP contribution in [0, 0.1) is 11.8 Å². The predicted octanol–water partition coefficient (Wildman–Crippen LogP) is 3.18. The summed E-state index contributed by atoms with van der Waals surface area (Å²) in [6.45, 7) is 9.68. The van der Waals surface area contributed by atoms with Gasteiger partial charge in [0.1, 0.15) is 0 Å². The van der Waals surface area contributed by atoms with E-state index < -0.39 is 0 Å². The van der Waals surface area contributed by atoms with E-state index in [-0.39, 0.29) is 11.9 Å². The first-order valence-corrected chi connectivity index (χ1v) is 10.4. The van der Waals surface area contributed by atoms with Gasteiger partial charge in [-0.25, -0.2) is 0 Å². The third-order valence-corrected chi connectivity index (χ3v) is 5.94. The molecule has 3 rings (SSSR count). The molecule has 4 atom stereocenters. The fourth-order valence-corrected chi connectivity index (χ4v) is 4.77. The molecule has 0 aromatic heterocycles. The standard InChI is InChI=1S/C22H35N3O/c1-4-8-21(23-16(2)3)22(26)24-20-12-11-18-14-25(15-19(18)20)13-17-9-6-5-7-10-17/h5-7,9-10,16,18-21,23H,4,8,11-15H2,1-3H3,(H,24,26)/t18-,19+,20+,21-/m0/s1. The Hall–Kier alpha value is -1.39. The molecule has 2 aliphatic rings. The Labute approximate surface area is 158 Å². The normalized spacial score (nSPS) is 26.8. The number of nitrogens with zero attached hydrogens (tertiary/aromatic N) is 1. The SMILES string of the molecule is CCC[C@H](NC(C)C)C(=O)N[C@@H]1CC[C@H]2CN(Cc3ccccc3)C[C@H]21. The van der Waals surface area contributed by atoms with Crippen molar-refractivity contribution in [2.45, 2.75) is 71.1 Å². The van der Waals surface area contributed by atoms with Gasteiger partial charge in [0.05, 0.1) is 6.04 Å². The number of carbonyl (C=O) groups is 1. The van der Waals surface area contributed by atoms with Gasteiger partial charge in [-0.3, -0.25) is 9.69 Å². The molecule has 26 heavy (non-hydrogen) atoms. The van der Waals surface area contributed by atoms with Crippen LogP contribution in [0.2, 0.25) is 0 Å². The maximum atomic E-state index is 12.8. The van der Waals surface area contributed by atoms with Crippen LogP contribution in [0.1, 0.15) is 52.0 Å². The third kappa shape index (κ3) is 4.86. The van der Waals surface area contributed by atoms with Crippen molar-refractivity contribution < 1.29 is 4.79 Å². The van der Waals surface area contributed by atoms with Crippen LogP contribution in [-0.4, -0.2) is 42.0 Å². The van der Waals surface area contributed by atoms with Crippen LogP contribution in [-0.2, 0) is 11.3 Å². The van der Waals surface area contributed by atoms with Crippen molar-refractivity contribution in [3.63, 3.8) is 0 Å². The highest BCUT2D eigenvalue weighted by atomic mass is 16.2. The highest BCUT2D eigenvalue weighted by Gasteiger charge is 2.43. The first-order chi connectivity index (χ1) is 12.6. The van der Waals surface area contributed by atoms with Gasteiger partial charge in [-0.1, -0.05) is 57.5 Å². The molecule has 0 unspecified atom stereocenters. The Morgan fingerprint density at radius 1 is 1.19 bits per heavy atom. The van der Waals surface area contributed by atoms with Gasteiger partial charge in [0.25, 0.3) is 0 Å². The average Bonchev–Trinajstić information content (AvgIpc) is 3.16. The number of fused-ring (bicyclic) bond motifs is 1. The minimum atomic E-state index is -0.0547. The van der Waals surface area contributed by atoms with Crippen molar-refractivity contribution in [3.05, 3.63) is 35.9 Å². The zero-order valence-corrected chi connectivity index (χ0v) is 16.6. The summed E-state index contributed by atoms with van der Waals surface area (Å²) >= 11 is 0. The van der Waals surface area contributed by atoms with E-state index in [1.54, 1.807) is 0 Å². The molecule has 2 fully saturated rings. The Bertz CT molecular complexity index is 574. The summed E-state index contributed by atoms with van der Waals surface area (Å²) in [6, 6.07) is 11.4. The first-order valence-electron chi connectivity index (χ1n) is 10.4. The number of carbonyl (C=O) groups excluding carboxylic acids is 1. The molecule has 4 nitrogen and oxygen atoms in total. The molecule has 0 spiro atoms. The second-order valence-corrected chi connectivity index (χ2v) is 8.46. The molecule has 144 valence electrons. The van der Waals surface area contributed by atoms with Crippen molar-refractivity contribution in [1.29, 1.82) is 0 Å². The minimum Gasteiger partial charge on any atom is -0.352 e. The van der Waals surface area contributed by atoms with Gasteiger partial charge in [-0.05, 0) is 36.7 Å². The Morgan fingerprint density at radius 2 is 1.96 bits per heavy atom. The lowest BCUT2D eigenvalue weighted by Crippen LogP contribution is -2.51. The topological polar surface area (TPSA) is 44.4 Å². The van der Waals surface area contributed by atoms with Gasteiger partial charge >= 0.3 is 0 Å². The van der Waals surface area contributed by atoms with Crippen LogP contribution in [0.5, 0.6) is 0 Å². The molecular formula is C22H35N3O. The largest absolute Gasteiger partial charge is 0.352 e.